The van der Waals surface area contributed by atoms with Gasteiger partial charge in [0.05, 0.1) is 35.5 Å². The summed E-state index contributed by atoms with van der Waals surface area (Å²) in [6, 6.07) is 0. The highest BCUT2D eigenvalue weighted by atomic mass is 19.3. The molecule has 0 N–H and O–H groups in total. The van der Waals surface area contributed by atoms with Gasteiger partial charge in [0.25, 0.3) is 17.8 Å². The first-order valence-corrected chi connectivity index (χ1v) is 6.18. The molecule has 0 saturated heterocycles. The average molecular weight is 356 g/mol. The van der Waals surface area contributed by atoms with E-state index in [4.69, 9.17) is 19.4 Å². The first kappa shape index (κ1) is 20.1. The van der Waals surface area contributed by atoms with Crippen LogP contribution >= 0.6 is 0 Å². The minimum atomic E-state index is -3.87. The zero-order chi connectivity index (χ0) is 18.3. The molecule has 1 aromatic heterocycles. The number of nitrogens with zero attached hydrogens (tertiary/aromatic N) is 6. The van der Waals surface area contributed by atoms with Crippen LogP contribution in [0.25, 0.3) is 0 Å². The predicted octanol–water partition coefficient (Wildman–Crippen LogP) is 0.294. The summed E-state index contributed by atoms with van der Waals surface area (Å²) in [6.07, 6.45) is -3.87. The third-order valence-corrected chi connectivity index (χ3v) is 2.44. The molecule has 0 radical (unpaired) electrons. The SMILES string of the molecule is CON(OC)c1nc(N(OC)OC)nc(N(OC)C(F)(F)OC)n1. The molecule has 0 aliphatic carbocycles. The molecule has 0 spiro atoms. The van der Waals surface area contributed by atoms with Crippen molar-refractivity contribution in [2.45, 2.75) is 6.23 Å². The lowest BCUT2D eigenvalue weighted by molar-refractivity contribution is -0.260. The van der Waals surface area contributed by atoms with Gasteiger partial charge in [0.2, 0.25) is 0 Å². The standard InChI is InChI=1S/C10H18F2N6O6/c1-19-10(11,12)16(20-2)7-13-8(17(21-3)22-4)15-9(14-7)18(23-5)24-6/h1-6H3. The van der Waals surface area contributed by atoms with Crippen molar-refractivity contribution >= 4 is 17.8 Å². The Morgan fingerprint density at radius 2 is 1.04 bits per heavy atom. The van der Waals surface area contributed by atoms with E-state index in [1.54, 1.807) is 0 Å². The van der Waals surface area contributed by atoms with Crippen LogP contribution in [0, 0.1) is 0 Å². The summed E-state index contributed by atoms with van der Waals surface area (Å²) in [5.74, 6) is -1.23. The van der Waals surface area contributed by atoms with Gasteiger partial charge < -0.3 is 4.74 Å². The van der Waals surface area contributed by atoms with Crippen molar-refractivity contribution in [3.05, 3.63) is 0 Å². The fourth-order valence-corrected chi connectivity index (χ4v) is 1.46. The van der Waals surface area contributed by atoms with Crippen LogP contribution in [0.15, 0.2) is 0 Å². The molecular weight excluding hydrogens is 338 g/mol. The predicted molar refractivity (Wildman–Crippen MR) is 74.3 cm³/mol. The lowest BCUT2D eigenvalue weighted by Gasteiger charge is -2.27. The Balaban J connectivity index is 3.47. The summed E-state index contributed by atoms with van der Waals surface area (Å²) >= 11 is 0. The monoisotopic (exact) mass is 356 g/mol. The van der Waals surface area contributed by atoms with Crippen LogP contribution in [0.5, 0.6) is 0 Å². The van der Waals surface area contributed by atoms with E-state index in [0.29, 0.717) is 0 Å². The zero-order valence-corrected chi connectivity index (χ0v) is 13.9. The Morgan fingerprint density at radius 3 is 1.33 bits per heavy atom. The van der Waals surface area contributed by atoms with Gasteiger partial charge in [-0.05, 0) is 0 Å². The Bertz CT molecular complexity index is 488. The maximum atomic E-state index is 13.8. The fraction of sp³-hybridized carbons (Fsp3) is 0.700. The van der Waals surface area contributed by atoms with E-state index >= 15 is 0 Å². The van der Waals surface area contributed by atoms with Gasteiger partial charge in [-0.2, -0.15) is 23.7 Å². The first-order valence-electron chi connectivity index (χ1n) is 6.18. The molecule has 0 bridgehead atoms. The molecule has 14 heteroatoms. The number of methoxy groups -OCH3 is 1. The number of hydroxylamine groups is 1. The van der Waals surface area contributed by atoms with Gasteiger partial charge in [-0.15, -0.1) is 5.06 Å². The fourth-order valence-electron chi connectivity index (χ4n) is 1.46. The van der Waals surface area contributed by atoms with Crippen molar-refractivity contribution in [2.24, 2.45) is 0 Å². The molecule has 0 unspecified atom stereocenters. The summed E-state index contributed by atoms with van der Waals surface area (Å²) < 4.78 is 31.7. The zero-order valence-electron chi connectivity index (χ0n) is 13.9. The minimum absolute atomic E-state index is 0.00861. The maximum absolute atomic E-state index is 13.8. The number of anilines is 3. The van der Waals surface area contributed by atoms with E-state index in [1.807, 2.05) is 0 Å². The third-order valence-electron chi connectivity index (χ3n) is 2.44. The highest BCUT2D eigenvalue weighted by molar-refractivity contribution is 5.41. The van der Waals surface area contributed by atoms with Gasteiger partial charge in [0, 0.05) is 7.11 Å². The molecule has 0 aliphatic rings. The molecule has 1 rings (SSSR count). The molecule has 24 heavy (non-hydrogen) atoms. The molecule has 0 atom stereocenters. The number of alkyl halides is 2. The molecule has 0 aromatic carbocycles. The first-order chi connectivity index (χ1) is 11.4. The summed E-state index contributed by atoms with van der Waals surface area (Å²) in [5.41, 5.74) is 0. The van der Waals surface area contributed by atoms with Crippen molar-refractivity contribution in [1.82, 2.24) is 15.0 Å². The van der Waals surface area contributed by atoms with Crippen LogP contribution in [-0.4, -0.2) is 63.8 Å². The van der Waals surface area contributed by atoms with E-state index in [-0.39, 0.29) is 17.0 Å². The van der Waals surface area contributed by atoms with E-state index in [2.05, 4.69) is 24.5 Å². The number of hydrogen-bond donors (Lipinski definition) is 0. The van der Waals surface area contributed by atoms with E-state index in [1.165, 1.54) is 28.4 Å². The molecule has 12 nitrogen and oxygen atoms in total. The lowest BCUT2D eigenvalue weighted by Crippen LogP contribution is -2.44. The number of hydrogen-bond acceptors (Lipinski definition) is 12. The normalized spacial score (nSPS) is 11.5. The van der Waals surface area contributed by atoms with Crippen LogP contribution in [0.3, 0.4) is 0 Å². The molecule has 0 saturated carbocycles. The van der Waals surface area contributed by atoms with Crippen molar-refractivity contribution in [3.63, 3.8) is 0 Å². The van der Waals surface area contributed by atoms with Crippen LogP contribution < -0.4 is 15.5 Å². The van der Waals surface area contributed by atoms with Crippen molar-refractivity contribution in [1.29, 1.82) is 0 Å². The van der Waals surface area contributed by atoms with Crippen LogP contribution in [-0.2, 0) is 28.9 Å². The Kier molecular flexibility index (Phi) is 7.33. The maximum Gasteiger partial charge on any atom is 0.474 e. The van der Waals surface area contributed by atoms with E-state index in [0.717, 1.165) is 24.7 Å². The number of rotatable bonds is 10. The molecule has 0 amide bonds. The average Bonchev–Trinajstić information content (AvgIpc) is 2.57. The molecule has 0 aliphatic heterocycles. The lowest BCUT2D eigenvalue weighted by atomic mass is 10.8. The van der Waals surface area contributed by atoms with E-state index in [9.17, 15) is 8.78 Å². The quantitative estimate of drug-likeness (QED) is 0.327. The number of ether oxygens (including phenoxy) is 1. The minimum Gasteiger partial charge on any atom is -0.303 e. The highest BCUT2D eigenvalue weighted by Crippen LogP contribution is 2.27. The topological polar surface area (TPSA) is 104 Å². The Labute approximate surface area is 136 Å². The Morgan fingerprint density at radius 1 is 0.667 bits per heavy atom. The molecular formula is C10H18F2N6O6. The van der Waals surface area contributed by atoms with E-state index < -0.39 is 12.2 Å². The van der Waals surface area contributed by atoms with Crippen LogP contribution in [0.2, 0.25) is 0 Å². The second-order valence-corrected chi connectivity index (χ2v) is 3.65. The number of aromatic nitrogens is 3. The second-order valence-electron chi connectivity index (χ2n) is 3.65. The van der Waals surface area contributed by atoms with Gasteiger partial charge in [-0.25, -0.2) is 19.4 Å². The molecule has 1 heterocycles. The molecule has 138 valence electrons. The largest absolute Gasteiger partial charge is 0.474 e. The van der Waals surface area contributed by atoms with Crippen molar-refractivity contribution < 1.29 is 37.7 Å². The molecule has 1 aromatic rings. The van der Waals surface area contributed by atoms with Gasteiger partial charge in [-0.3, -0.25) is 4.84 Å². The van der Waals surface area contributed by atoms with Gasteiger partial charge in [-0.1, -0.05) is 10.5 Å². The summed E-state index contributed by atoms with van der Waals surface area (Å²) in [6.45, 7) is 0. The smallest absolute Gasteiger partial charge is 0.303 e. The summed E-state index contributed by atoms with van der Waals surface area (Å²) in [7, 11) is 6.74. The van der Waals surface area contributed by atoms with Gasteiger partial charge in [0.1, 0.15) is 0 Å². The summed E-state index contributed by atoms with van der Waals surface area (Å²) in [4.78, 5) is 35.4. The third kappa shape index (κ3) is 4.31. The Hall–Kier alpha value is -1.97. The second kappa shape index (κ2) is 8.76. The van der Waals surface area contributed by atoms with Crippen LogP contribution in [0.1, 0.15) is 0 Å². The number of halogens is 2. The molecule has 0 fully saturated rings. The van der Waals surface area contributed by atoms with Crippen molar-refractivity contribution in [2.75, 3.05) is 58.2 Å². The van der Waals surface area contributed by atoms with Crippen molar-refractivity contribution in [3.8, 4) is 0 Å². The summed E-state index contributed by atoms with van der Waals surface area (Å²) in [5, 5.41) is 1.47. The van der Waals surface area contributed by atoms with Gasteiger partial charge in [0.15, 0.2) is 0 Å². The van der Waals surface area contributed by atoms with Gasteiger partial charge >= 0.3 is 6.23 Å². The van der Waals surface area contributed by atoms with Crippen LogP contribution in [0.4, 0.5) is 26.6 Å². The highest BCUT2D eigenvalue weighted by Gasteiger charge is 2.42.